The monoisotopic (exact) mass is 577 g/mol. The van der Waals surface area contributed by atoms with Crippen LogP contribution in [0.4, 0.5) is 5.69 Å². The lowest BCUT2D eigenvalue weighted by molar-refractivity contribution is 0.0473. The normalized spacial score (nSPS) is 11.7. The molecule has 5 N–H and O–H groups in total. The predicted octanol–water partition coefficient (Wildman–Crippen LogP) is 5.81. The van der Waals surface area contributed by atoms with Gasteiger partial charge in [0.2, 0.25) is 0 Å². The fraction of sp³-hybridized carbons (Fsp3) is 0.206. The van der Waals surface area contributed by atoms with Crippen LogP contribution in [0.1, 0.15) is 69.9 Å². The number of carbonyl (C=O) groups excluding carboxylic acids is 3. The lowest BCUT2D eigenvalue weighted by Gasteiger charge is -2.28. The minimum absolute atomic E-state index is 0.0350. The summed E-state index contributed by atoms with van der Waals surface area (Å²) in [7, 11) is 0. The van der Waals surface area contributed by atoms with E-state index in [0.717, 1.165) is 5.56 Å². The molecule has 4 aromatic rings. The summed E-state index contributed by atoms with van der Waals surface area (Å²) in [4.78, 5) is 44.3. The van der Waals surface area contributed by atoms with Crippen molar-refractivity contribution < 1.29 is 19.1 Å². The molecule has 0 bridgehead atoms. The van der Waals surface area contributed by atoms with Gasteiger partial charge in [-0.05, 0) is 65.9 Å². The number of nitrogens with zero attached hydrogens (tertiary/aromatic N) is 1. The van der Waals surface area contributed by atoms with Gasteiger partial charge >= 0.3 is 5.97 Å². The van der Waals surface area contributed by atoms with Crippen LogP contribution in [0.25, 0.3) is 11.1 Å². The molecule has 1 atom stereocenters. The summed E-state index contributed by atoms with van der Waals surface area (Å²) in [5, 5.41) is 13.4. The van der Waals surface area contributed by atoms with Crippen LogP contribution in [0.15, 0.2) is 91.3 Å². The van der Waals surface area contributed by atoms with Gasteiger partial charge in [-0.25, -0.2) is 4.79 Å². The number of amides is 2. The van der Waals surface area contributed by atoms with Gasteiger partial charge in [-0.2, -0.15) is 0 Å². The van der Waals surface area contributed by atoms with Crippen LogP contribution in [0.5, 0.6) is 0 Å². The van der Waals surface area contributed by atoms with Crippen molar-refractivity contribution in [2.75, 3.05) is 5.32 Å². The molecule has 9 nitrogen and oxygen atoms in total. The molecule has 2 amide bonds. The number of ether oxygens (including phenoxy) is 1. The molecule has 0 fully saturated rings. The standard InChI is InChI=1S/C34H35N5O4/c1-21(34(2,3)4)38-31(40)24-12-15-26(28(18-24)33(42)43-20-22-8-6-5-7-9-22)29-19-37-17-16-27(29)32(41)39-25-13-10-23(11-14-25)30(35)36/h5-19,21H,20H2,1-4H3,(H3,35,36)(H,38,40)(H,39,41). The second kappa shape index (κ2) is 13.1. The summed E-state index contributed by atoms with van der Waals surface area (Å²) in [6, 6.07) is 22.0. The second-order valence-corrected chi connectivity index (χ2v) is 11.2. The number of hydrogen-bond acceptors (Lipinski definition) is 6. The SMILES string of the molecule is CC(NC(=O)c1ccc(-c2cnccc2C(=O)Nc2ccc(C(=N)N)cc2)c(C(=O)OCc2ccccc2)c1)C(C)(C)C. The minimum Gasteiger partial charge on any atom is -0.457 e. The topological polar surface area (TPSA) is 147 Å². The number of hydrogen-bond donors (Lipinski definition) is 4. The minimum atomic E-state index is -0.646. The van der Waals surface area contributed by atoms with Crippen LogP contribution >= 0.6 is 0 Å². The van der Waals surface area contributed by atoms with E-state index in [4.69, 9.17) is 15.9 Å². The Labute approximate surface area is 251 Å². The van der Waals surface area contributed by atoms with E-state index in [1.54, 1.807) is 42.5 Å². The summed E-state index contributed by atoms with van der Waals surface area (Å²) in [5.74, 6) is -1.49. The third-order valence-electron chi connectivity index (χ3n) is 7.17. The fourth-order valence-electron chi connectivity index (χ4n) is 4.13. The number of anilines is 1. The number of nitrogen functional groups attached to an aromatic ring is 1. The molecule has 0 aliphatic heterocycles. The van der Waals surface area contributed by atoms with E-state index in [0.29, 0.717) is 22.4 Å². The van der Waals surface area contributed by atoms with E-state index >= 15 is 0 Å². The Hall–Kier alpha value is -5.31. The fourth-order valence-corrected chi connectivity index (χ4v) is 4.13. The molecule has 0 radical (unpaired) electrons. The molecule has 4 rings (SSSR count). The number of nitrogens with two attached hydrogens (primary N) is 1. The quantitative estimate of drug-likeness (QED) is 0.112. The van der Waals surface area contributed by atoms with Gasteiger partial charge in [0.05, 0.1) is 11.1 Å². The van der Waals surface area contributed by atoms with Gasteiger partial charge in [-0.3, -0.25) is 20.0 Å². The van der Waals surface area contributed by atoms with E-state index in [2.05, 4.69) is 15.6 Å². The molecular formula is C34H35N5O4. The van der Waals surface area contributed by atoms with E-state index in [9.17, 15) is 14.4 Å². The zero-order chi connectivity index (χ0) is 31.1. The van der Waals surface area contributed by atoms with Crippen LogP contribution in [-0.4, -0.2) is 34.6 Å². The number of nitrogens with one attached hydrogen (secondary N) is 3. The average molecular weight is 578 g/mol. The Morgan fingerprint density at radius 3 is 2.21 bits per heavy atom. The highest BCUT2D eigenvalue weighted by Crippen LogP contribution is 2.30. The molecule has 0 aliphatic carbocycles. The number of rotatable bonds is 9. The number of carbonyl (C=O) groups is 3. The van der Waals surface area contributed by atoms with Gasteiger partial charge in [0.25, 0.3) is 11.8 Å². The van der Waals surface area contributed by atoms with Gasteiger partial charge in [0.1, 0.15) is 12.4 Å². The Kier molecular flexibility index (Phi) is 9.35. The van der Waals surface area contributed by atoms with Gasteiger partial charge in [-0.1, -0.05) is 57.2 Å². The summed E-state index contributed by atoms with van der Waals surface area (Å²) in [6.45, 7) is 8.04. The van der Waals surface area contributed by atoms with Crippen LogP contribution in [0.2, 0.25) is 0 Å². The van der Waals surface area contributed by atoms with Crippen molar-refractivity contribution in [3.63, 3.8) is 0 Å². The van der Waals surface area contributed by atoms with Crippen molar-refractivity contribution in [2.45, 2.75) is 40.3 Å². The molecule has 0 saturated heterocycles. The number of esters is 1. The number of aromatic nitrogens is 1. The van der Waals surface area contributed by atoms with E-state index < -0.39 is 11.9 Å². The predicted molar refractivity (Wildman–Crippen MR) is 167 cm³/mol. The van der Waals surface area contributed by atoms with Gasteiger partial charge in [0, 0.05) is 40.8 Å². The lowest BCUT2D eigenvalue weighted by Crippen LogP contribution is -2.41. The Morgan fingerprint density at radius 1 is 0.884 bits per heavy atom. The van der Waals surface area contributed by atoms with Crippen LogP contribution < -0.4 is 16.4 Å². The summed E-state index contributed by atoms with van der Waals surface area (Å²) >= 11 is 0. The van der Waals surface area contributed by atoms with Crippen molar-refractivity contribution in [2.24, 2.45) is 11.1 Å². The van der Waals surface area contributed by atoms with Crippen molar-refractivity contribution in [3.05, 3.63) is 119 Å². The van der Waals surface area contributed by atoms with Crippen LogP contribution in [0.3, 0.4) is 0 Å². The third kappa shape index (κ3) is 7.71. The summed E-state index contributed by atoms with van der Waals surface area (Å²) in [6.07, 6.45) is 2.98. The highest BCUT2D eigenvalue weighted by Gasteiger charge is 2.25. The molecule has 0 saturated carbocycles. The molecule has 43 heavy (non-hydrogen) atoms. The van der Waals surface area contributed by atoms with Gasteiger partial charge in [0.15, 0.2) is 0 Å². The van der Waals surface area contributed by atoms with Crippen LogP contribution in [-0.2, 0) is 11.3 Å². The summed E-state index contributed by atoms with van der Waals surface area (Å²) in [5.41, 5.74) is 8.66. The zero-order valence-corrected chi connectivity index (χ0v) is 24.6. The second-order valence-electron chi connectivity index (χ2n) is 11.2. The lowest BCUT2D eigenvalue weighted by atomic mass is 9.88. The van der Waals surface area contributed by atoms with Crippen molar-refractivity contribution in [1.82, 2.24) is 10.3 Å². The molecule has 3 aromatic carbocycles. The van der Waals surface area contributed by atoms with Gasteiger partial charge in [-0.15, -0.1) is 0 Å². The maximum Gasteiger partial charge on any atom is 0.339 e. The first-order valence-electron chi connectivity index (χ1n) is 13.8. The van der Waals surface area contributed by atoms with Crippen molar-refractivity contribution in [3.8, 4) is 11.1 Å². The Balaban J connectivity index is 1.70. The zero-order valence-electron chi connectivity index (χ0n) is 24.6. The van der Waals surface area contributed by atoms with E-state index in [1.807, 2.05) is 58.0 Å². The molecule has 1 aromatic heterocycles. The number of amidine groups is 1. The number of benzene rings is 3. The molecule has 9 heteroatoms. The molecule has 1 unspecified atom stereocenters. The Morgan fingerprint density at radius 2 is 1.56 bits per heavy atom. The first kappa shape index (κ1) is 30.6. The average Bonchev–Trinajstić information content (AvgIpc) is 2.99. The number of pyridine rings is 1. The van der Waals surface area contributed by atoms with Crippen molar-refractivity contribution >= 4 is 29.3 Å². The first-order chi connectivity index (χ1) is 20.4. The maximum atomic E-state index is 13.5. The van der Waals surface area contributed by atoms with Crippen molar-refractivity contribution in [1.29, 1.82) is 5.41 Å². The Bertz CT molecular complexity index is 1640. The van der Waals surface area contributed by atoms with Gasteiger partial charge < -0.3 is 21.1 Å². The third-order valence-corrected chi connectivity index (χ3v) is 7.17. The van der Waals surface area contributed by atoms with E-state index in [1.165, 1.54) is 18.5 Å². The van der Waals surface area contributed by atoms with Crippen LogP contribution in [0, 0.1) is 10.8 Å². The smallest absolute Gasteiger partial charge is 0.339 e. The molecular weight excluding hydrogens is 542 g/mol. The highest BCUT2D eigenvalue weighted by molar-refractivity contribution is 6.11. The molecule has 0 aliphatic rings. The molecule has 220 valence electrons. The highest BCUT2D eigenvalue weighted by atomic mass is 16.5. The molecule has 0 spiro atoms. The van der Waals surface area contributed by atoms with E-state index in [-0.39, 0.29) is 46.5 Å². The first-order valence-corrected chi connectivity index (χ1v) is 13.8. The molecule has 1 heterocycles. The largest absolute Gasteiger partial charge is 0.457 e. The maximum absolute atomic E-state index is 13.5. The summed E-state index contributed by atoms with van der Waals surface area (Å²) < 4.78 is 5.65.